The largest absolute Gasteiger partial charge is 0.504 e. The molecule has 84 valence electrons. The highest BCUT2D eigenvalue weighted by Crippen LogP contribution is 2.29. The van der Waals surface area contributed by atoms with E-state index >= 15 is 0 Å². The Morgan fingerprint density at radius 3 is 2.75 bits per heavy atom. The zero-order valence-electron chi connectivity index (χ0n) is 8.57. The number of ether oxygens (including phenoxy) is 1. The number of carbonyl (C=O) groups is 1. The molecule has 1 aliphatic rings. The Hall–Kier alpha value is -2.24. The number of rotatable bonds is 2. The van der Waals surface area contributed by atoms with Crippen LogP contribution >= 0.6 is 0 Å². The van der Waals surface area contributed by atoms with E-state index in [1.54, 1.807) is 12.1 Å². The third kappa shape index (κ3) is 1.65. The number of phenolic OH excluding ortho intramolecular Hbond substituents is 1. The van der Waals surface area contributed by atoms with Crippen molar-refractivity contribution < 1.29 is 14.6 Å². The van der Waals surface area contributed by atoms with Gasteiger partial charge in [0, 0.05) is 0 Å². The number of phenols is 1. The van der Waals surface area contributed by atoms with E-state index < -0.39 is 12.1 Å². The molecule has 0 aliphatic carbocycles. The summed E-state index contributed by atoms with van der Waals surface area (Å²) in [6.45, 7) is 0. The van der Waals surface area contributed by atoms with Crippen molar-refractivity contribution in [2.45, 2.75) is 6.04 Å². The predicted molar refractivity (Wildman–Crippen MR) is 56.8 cm³/mol. The van der Waals surface area contributed by atoms with Gasteiger partial charge in [-0.05, 0) is 17.7 Å². The van der Waals surface area contributed by atoms with Crippen molar-refractivity contribution in [3.8, 4) is 11.5 Å². The Morgan fingerprint density at radius 1 is 1.50 bits per heavy atom. The number of hydrogen-bond donors (Lipinski definition) is 4. The van der Waals surface area contributed by atoms with E-state index in [0.29, 0.717) is 11.3 Å². The minimum atomic E-state index is -0.538. The number of benzene rings is 1. The van der Waals surface area contributed by atoms with Crippen LogP contribution in [0.2, 0.25) is 0 Å². The molecule has 2 amide bonds. The summed E-state index contributed by atoms with van der Waals surface area (Å²) in [6.07, 6.45) is 0. The fraction of sp³-hybridized carbons (Fsp3) is 0.200. The molecule has 1 saturated heterocycles. The molecule has 1 heterocycles. The van der Waals surface area contributed by atoms with Crippen LogP contribution in [0.15, 0.2) is 18.2 Å². The monoisotopic (exact) mass is 221 g/mol. The van der Waals surface area contributed by atoms with Crippen molar-refractivity contribution in [1.29, 1.82) is 5.41 Å². The molecule has 2 rings (SSSR count). The van der Waals surface area contributed by atoms with Crippen LogP contribution < -0.4 is 15.4 Å². The molecule has 1 aromatic rings. The lowest BCUT2D eigenvalue weighted by molar-refractivity contribution is 0.248. The lowest BCUT2D eigenvalue weighted by atomic mass is 10.1. The number of aromatic hydroxyl groups is 1. The summed E-state index contributed by atoms with van der Waals surface area (Å²) >= 11 is 0. The summed E-state index contributed by atoms with van der Waals surface area (Å²) in [5.74, 6) is 0.399. The fourth-order valence-corrected chi connectivity index (χ4v) is 1.57. The van der Waals surface area contributed by atoms with E-state index in [1.807, 2.05) is 0 Å². The van der Waals surface area contributed by atoms with E-state index in [1.165, 1.54) is 13.2 Å². The summed E-state index contributed by atoms with van der Waals surface area (Å²) < 4.78 is 4.90. The zero-order chi connectivity index (χ0) is 11.7. The molecule has 6 heteroatoms. The van der Waals surface area contributed by atoms with Gasteiger partial charge in [0.25, 0.3) is 0 Å². The minimum Gasteiger partial charge on any atom is -0.504 e. The molecule has 1 aromatic carbocycles. The van der Waals surface area contributed by atoms with Gasteiger partial charge in [0.1, 0.15) is 11.9 Å². The third-order valence-corrected chi connectivity index (χ3v) is 2.35. The standard InChI is InChI=1S/C10H11N3O3/c1-16-7-3-2-5(4-6(7)14)8-9(11)13-10(15)12-8/h2-4,8,14H,1H3,(H3,11,12,13,15). The molecule has 0 saturated carbocycles. The van der Waals surface area contributed by atoms with Crippen LogP contribution in [0.3, 0.4) is 0 Å². The number of carbonyl (C=O) groups excluding carboxylic acids is 1. The number of hydrogen-bond acceptors (Lipinski definition) is 4. The van der Waals surface area contributed by atoms with E-state index in [-0.39, 0.29) is 11.6 Å². The molecule has 1 aliphatic heterocycles. The SMILES string of the molecule is COc1ccc(C2NC(=O)NC2=N)cc1O. The first kappa shape index (κ1) is 10.3. The Kier molecular flexibility index (Phi) is 2.40. The zero-order valence-corrected chi connectivity index (χ0v) is 8.57. The van der Waals surface area contributed by atoms with Crippen LogP contribution in [-0.2, 0) is 0 Å². The number of amides is 2. The highest BCUT2D eigenvalue weighted by molar-refractivity contribution is 6.06. The Bertz CT molecular complexity index is 459. The smallest absolute Gasteiger partial charge is 0.321 e. The molecular weight excluding hydrogens is 210 g/mol. The molecule has 0 bridgehead atoms. The average molecular weight is 221 g/mol. The molecule has 0 spiro atoms. The van der Waals surface area contributed by atoms with Gasteiger partial charge in [-0.25, -0.2) is 4.79 Å². The van der Waals surface area contributed by atoms with E-state index in [2.05, 4.69) is 10.6 Å². The first-order valence-corrected chi connectivity index (χ1v) is 4.64. The summed E-state index contributed by atoms with van der Waals surface area (Å²) in [5, 5.41) is 22.0. The fourth-order valence-electron chi connectivity index (χ4n) is 1.57. The Morgan fingerprint density at radius 2 is 2.25 bits per heavy atom. The van der Waals surface area contributed by atoms with Gasteiger partial charge < -0.3 is 15.2 Å². The van der Waals surface area contributed by atoms with Gasteiger partial charge in [0.05, 0.1) is 7.11 Å². The highest BCUT2D eigenvalue weighted by atomic mass is 16.5. The van der Waals surface area contributed by atoms with Crippen molar-refractivity contribution in [2.24, 2.45) is 0 Å². The van der Waals surface area contributed by atoms with E-state index in [4.69, 9.17) is 10.1 Å². The summed E-state index contributed by atoms with van der Waals surface area (Å²) in [5.41, 5.74) is 0.627. The van der Waals surface area contributed by atoms with Crippen LogP contribution in [0, 0.1) is 5.41 Å². The molecule has 1 fully saturated rings. The van der Waals surface area contributed by atoms with Gasteiger partial charge in [0.15, 0.2) is 11.5 Å². The second-order valence-corrected chi connectivity index (χ2v) is 3.38. The Balaban J connectivity index is 2.31. The van der Waals surface area contributed by atoms with Crippen molar-refractivity contribution in [1.82, 2.24) is 10.6 Å². The van der Waals surface area contributed by atoms with Gasteiger partial charge in [0.2, 0.25) is 0 Å². The van der Waals surface area contributed by atoms with Crippen LogP contribution in [-0.4, -0.2) is 24.1 Å². The molecule has 1 atom stereocenters. The average Bonchev–Trinajstić information content (AvgIpc) is 2.58. The number of methoxy groups -OCH3 is 1. The molecular formula is C10H11N3O3. The molecule has 6 nitrogen and oxygen atoms in total. The van der Waals surface area contributed by atoms with Gasteiger partial charge >= 0.3 is 6.03 Å². The van der Waals surface area contributed by atoms with Gasteiger partial charge in [-0.1, -0.05) is 6.07 Å². The number of amidine groups is 1. The topological polar surface area (TPSA) is 94.4 Å². The highest BCUT2D eigenvalue weighted by Gasteiger charge is 2.28. The van der Waals surface area contributed by atoms with Crippen molar-refractivity contribution in [3.05, 3.63) is 23.8 Å². The van der Waals surface area contributed by atoms with Crippen molar-refractivity contribution in [3.63, 3.8) is 0 Å². The quantitative estimate of drug-likeness (QED) is 0.593. The van der Waals surface area contributed by atoms with Crippen LogP contribution in [0.1, 0.15) is 11.6 Å². The Labute approximate surface area is 91.7 Å². The van der Waals surface area contributed by atoms with E-state index in [9.17, 15) is 9.90 Å². The van der Waals surface area contributed by atoms with Crippen molar-refractivity contribution >= 4 is 11.9 Å². The van der Waals surface area contributed by atoms with Gasteiger partial charge in [-0.3, -0.25) is 10.7 Å². The van der Waals surface area contributed by atoms with Crippen LogP contribution in [0.5, 0.6) is 11.5 Å². The number of nitrogens with one attached hydrogen (secondary N) is 3. The second kappa shape index (κ2) is 3.73. The lowest BCUT2D eigenvalue weighted by Crippen LogP contribution is -2.22. The summed E-state index contributed by atoms with van der Waals surface area (Å²) in [4.78, 5) is 11.0. The maximum atomic E-state index is 11.0. The van der Waals surface area contributed by atoms with Crippen LogP contribution in [0.25, 0.3) is 0 Å². The first-order valence-electron chi connectivity index (χ1n) is 4.64. The van der Waals surface area contributed by atoms with Gasteiger partial charge in [-0.2, -0.15) is 0 Å². The first-order chi connectivity index (χ1) is 7.61. The van der Waals surface area contributed by atoms with Crippen LogP contribution in [0.4, 0.5) is 4.79 Å². The maximum Gasteiger partial charge on any atom is 0.321 e. The molecule has 4 N–H and O–H groups in total. The van der Waals surface area contributed by atoms with Gasteiger partial charge in [-0.15, -0.1) is 0 Å². The summed E-state index contributed by atoms with van der Waals surface area (Å²) in [6, 6.07) is 3.79. The predicted octanol–water partition coefficient (Wildman–Crippen LogP) is 0.732. The maximum absolute atomic E-state index is 11.0. The normalized spacial score (nSPS) is 19.2. The molecule has 16 heavy (non-hydrogen) atoms. The second-order valence-electron chi connectivity index (χ2n) is 3.38. The lowest BCUT2D eigenvalue weighted by Gasteiger charge is -2.11. The van der Waals surface area contributed by atoms with Crippen molar-refractivity contribution in [2.75, 3.05) is 7.11 Å². The minimum absolute atomic E-state index is 0.0195. The number of urea groups is 1. The summed E-state index contributed by atoms with van der Waals surface area (Å²) in [7, 11) is 1.45. The molecule has 0 radical (unpaired) electrons. The molecule has 0 aromatic heterocycles. The third-order valence-electron chi connectivity index (χ3n) is 2.35. The molecule has 1 unspecified atom stereocenters. The van der Waals surface area contributed by atoms with E-state index in [0.717, 1.165) is 0 Å².